The van der Waals surface area contributed by atoms with E-state index in [1.807, 2.05) is 35.2 Å². The molecule has 5 rings (SSSR count). The molecular formula is C25H24N4O3. The van der Waals surface area contributed by atoms with Gasteiger partial charge in [-0.3, -0.25) is 4.79 Å². The zero-order chi connectivity index (χ0) is 21.8. The van der Waals surface area contributed by atoms with E-state index in [1.54, 1.807) is 24.7 Å². The third-order valence-electron chi connectivity index (χ3n) is 5.60. The number of furan rings is 1. The molecule has 0 radical (unpaired) electrons. The zero-order valence-corrected chi connectivity index (χ0v) is 17.6. The first-order valence-electron chi connectivity index (χ1n) is 10.7. The van der Waals surface area contributed by atoms with Gasteiger partial charge in [0.2, 0.25) is 5.95 Å². The molecule has 3 heterocycles. The fraction of sp³-hybridized carbons (Fsp3) is 0.240. The van der Waals surface area contributed by atoms with Crippen LogP contribution in [0.5, 0.6) is 0 Å². The summed E-state index contributed by atoms with van der Waals surface area (Å²) in [6.45, 7) is 2.39. The largest absolute Gasteiger partial charge is 0.464 e. The third-order valence-corrected chi connectivity index (χ3v) is 5.60. The molecule has 2 aromatic carbocycles. The number of nitrogens with zero attached hydrogens (tertiary/aromatic N) is 3. The molecule has 4 aromatic rings. The van der Waals surface area contributed by atoms with E-state index in [9.17, 15) is 4.79 Å². The topological polar surface area (TPSA) is 80.5 Å². The number of anilines is 2. The van der Waals surface area contributed by atoms with Gasteiger partial charge >= 0.3 is 0 Å². The first-order valence-corrected chi connectivity index (χ1v) is 10.7. The number of amides is 1. The highest BCUT2D eigenvalue weighted by atomic mass is 16.5. The summed E-state index contributed by atoms with van der Waals surface area (Å²) >= 11 is 0. The second-order valence-electron chi connectivity index (χ2n) is 7.97. The van der Waals surface area contributed by atoms with E-state index in [-0.39, 0.29) is 11.8 Å². The van der Waals surface area contributed by atoms with Gasteiger partial charge in [-0.1, -0.05) is 18.2 Å². The molecule has 1 atom stereocenters. The number of aromatic nitrogens is 2. The molecule has 1 saturated heterocycles. The van der Waals surface area contributed by atoms with Crippen molar-refractivity contribution in [1.82, 2.24) is 14.9 Å². The number of carbonyl (C=O) groups excluding carboxylic acids is 1. The number of rotatable bonds is 5. The van der Waals surface area contributed by atoms with Gasteiger partial charge in [-0.15, -0.1) is 0 Å². The normalized spacial score (nSPS) is 16.6. The molecule has 0 unspecified atom stereocenters. The maximum absolute atomic E-state index is 13.3. The Morgan fingerprint density at radius 3 is 2.91 bits per heavy atom. The smallest absolute Gasteiger partial charge is 0.254 e. The average Bonchev–Trinajstić information content (AvgIpc) is 3.17. The van der Waals surface area contributed by atoms with Crippen molar-refractivity contribution in [3.05, 3.63) is 84.4 Å². The first kappa shape index (κ1) is 20.2. The van der Waals surface area contributed by atoms with Crippen molar-refractivity contribution >= 4 is 28.5 Å². The number of nitrogens with one attached hydrogen (secondary N) is 1. The summed E-state index contributed by atoms with van der Waals surface area (Å²) in [4.78, 5) is 23.5. The number of hydrogen-bond acceptors (Lipinski definition) is 6. The summed E-state index contributed by atoms with van der Waals surface area (Å²) in [5, 5.41) is 4.24. The standard InChI is InChI=1S/C25H24N4O3/c30-24(21-3-1-4-22(15-21)28-25-26-8-2-9-27-25)29-10-12-31-17-19(16-29)13-18-5-6-20-7-11-32-23(20)14-18/h1-9,11,14-15,19H,10,12-13,16-17H2,(H,26,27,28)/t19-/m0/s1. The van der Waals surface area contributed by atoms with Gasteiger partial charge in [-0.05, 0) is 48.4 Å². The fourth-order valence-electron chi connectivity index (χ4n) is 4.05. The first-order chi connectivity index (χ1) is 15.7. The SMILES string of the molecule is O=C(c1cccc(Nc2ncccn2)c1)N1CCOC[C@@H](Cc2ccc3ccoc3c2)C1. The Hall–Kier alpha value is -3.71. The predicted molar refractivity (Wildman–Crippen MR) is 122 cm³/mol. The second kappa shape index (κ2) is 9.20. The Bertz CT molecular complexity index is 1210. The van der Waals surface area contributed by atoms with Crippen LogP contribution in [0.3, 0.4) is 0 Å². The van der Waals surface area contributed by atoms with Gasteiger partial charge in [0.15, 0.2) is 0 Å². The van der Waals surface area contributed by atoms with Crippen LogP contribution >= 0.6 is 0 Å². The molecule has 1 aliphatic heterocycles. The van der Waals surface area contributed by atoms with Crippen LogP contribution in [0, 0.1) is 5.92 Å². The lowest BCUT2D eigenvalue weighted by Crippen LogP contribution is -2.36. The second-order valence-corrected chi connectivity index (χ2v) is 7.97. The molecule has 162 valence electrons. The van der Waals surface area contributed by atoms with Crippen molar-refractivity contribution in [3.8, 4) is 0 Å². The van der Waals surface area contributed by atoms with E-state index in [1.165, 1.54) is 5.56 Å². The highest BCUT2D eigenvalue weighted by molar-refractivity contribution is 5.95. The van der Waals surface area contributed by atoms with Gasteiger partial charge < -0.3 is 19.4 Å². The van der Waals surface area contributed by atoms with Crippen LogP contribution in [-0.2, 0) is 11.2 Å². The number of carbonyl (C=O) groups is 1. The molecule has 0 saturated carbocycles. The predicted octanol–water partition coefficient (Wildman–Crippen LogP) is 4.30. The Labute approximate surface area is 186 Å². The van der Waals surface area contributed by atoms with Crippen molar-refractivity contribution in [2.45, 2.75) is 6.42 Å². The summed E-state index contributed by atoms with van der Waals surface area (Å²) in [6.07, 6.45) is 5.88. The minimum absolute atomic E-state index is 0.000355. The summed E-state index contributed by atoms with van der Waals surface area (Å²) in [6, 6.07) is 17.4. The molecule has 1 N–H and O–H groups in total. The summed E-state index contributed by atoms with van der Waals surface area (Å²) in [7, 11) is 0. The summed E-state index contributed by atoms with van der Waals surface area (Å²) in [5.41, 5.74) is 3.47. The van der Waals surface area contributed by atoms with Crippen molar-refractivity contribution in [3.63, 3.8) is 0 Å². The van der Waals surface area contributed by atoms with Crippen LogP contribution in [0.2, 0.25) is 0 Å². The number of fused-ring (bicyclic) bond motifs is 1. The van der Waals surface area contributed by atoms with Gasteiger partial charge in [0, 0.05) is 48.0 Å². The minimum Gasteiger partial charge on any atom is -0.464 e. The highest BCUT2D eigenvalue weighted by Gasteiger charge is 2.24. The maximum atomic E-state index is 13.3. The van der Waals surface area contributed by atoms with E-state index in [2.05, 4.69) is 33.5 Å². The summed E-state index contributed by atoms with van der Waals surface area (Å²) in [5.74, 6) is 0.710. The van der Waals surface area contributed by atoms with E-state index in [0.717, 1.165) is 23.1 Å². The monoisotopic (exact) mass is 428 g/mol. The van der Waals surface area contributed by atoms with E-state index in [0.29, 0.717) is 37.8 Å². The number of benzene rings is 2. The Morgan fingerprint density at radius 2 is 2.00 bits per heavy atom. The Balaban J connectivity index is 1.29. The quantitative estimate of drug-likeness (QED) is 0.511. The van der Waals surface area contributed by atoms with Crippen LogP contribution in [0.25, 0.3) is 11.0 Å². The molecule has 7 nitrogen and oxygen atoms in total. The average molecular weight is 428 g/mol. The molecule has 0 bridgehead atoms. The lowest BCUT2D eigenvalue weighted by molar-refractivity contribution is 0.0737. The number of ether oxygens (including phenoxy) is 1. The van der Waals surface area contributed by atoms with Crippen LogP contribution < -0.4 is 5.32 Å². The molecule has 0 aliphatic carbocycles. The Kier molecular flexibility index (Phi) is 5.81. The van der Waals surface area contributed by atoms with Gasteiger partial charge in [0.25, 0.3) is 5.91 Å². The van der Waals surface area contributed by atoms with Gasteiger partial charge in [0.05, 0.1) is 19.5 Å². The lowest BCUT2D eigenvalue weighted by atomic mass is 9.98. The van der Waals surface area contributed by atoms with Crippen LogP contribution in [-0.4, -0.2) is 47.1 Å². The van der Waals surface area contributed by atoms with Gasteiger partial charge in [-0.2, -0.15) is 0 Å². The van der Waals surface area contributed by atoms with Crippen LogP contribution in [0.4, 0.5) is 11.6 Å². The number of hydrogen-bond donors (Lipinski definition) is 1. The van der Waals surface area contributed by atoms with Crippen molar-refractivity contribution in [2.24, 2.45) is 5.92 Å². The molecule has 1 aliphatic rings. The molecular weight excluding hydrogens is 404 g/mol. The van der Waals surface area contributed by atoms with E-state index < -0.39 is 0 Å². The van der Waals surface area contributed by atoms with E-state index in [4.69, 9.17) is 9.15 Å². The minimum atomic E-state index is -0.000355. The molecule has 32 heavy (non-hydrogen) atoms. The van der Waals surface area contributed by atoms with Crippen molar-refractivity contribution < 1.29 is 13.9 Å². The molecule has 1 fully saturated rings. The third kappa shape index (κ3) is 4.63. The van der Waals surface area contributed by atoms with Gasteiger partial charge in [0.1, 0.15) is 5.58 Å². The highest BCUT2D eigenvalue weighted by Crippen LogP contribution is 2.22. The molecule has 2 aromatic heterocycles. The van der Waals surface area contributed by atoms with Gasteiger partial charge in [-0.25, -0.2) is 9.97 Å². The lowest BCUT2D eigenvalue weighted by Gasteiger charge is -2.24. The molecule has 1 amide bonds. The maximum Gasteiger partial charge on any atom is 0.254 e. The summed E-state index contributed by atoms with van der Waals surface area (Å²) < 4.78 is 11.4. The van der Waals surface area contributed by atoms with Crippen molar-refractivity contribution in [2.75, 3.05) is 31.6 Å². The fourth-order valence-corrected chi connectivity index (χ4v) is 4.05. The zero-order valence-electron chi connectivity index (χ0n) is 17.6. The van der Waals surface area contributed by atoms with Crippen molar-refractivity contribution in [1.29, 1.82) is 0 Å². The van der Waals surface area contributed by atoms with Crippen LogP contribution in [0.15, 0.2) is 77.7 Å². The Morgan fingerprint density at radius 1 is 1.09 bits per heavy atom. The molecule has 7 heteroatoms. The van der Waals surface area contributed by atoms with E-state index >= 15 is 0 Å². The van der Waals surface area contributed by atoms with Crippen LogP contribution in [0.1, 0.15) is 15.9 Å². The molecule has 0 spiro atoms.